The molecule has 0 spiro atoms. The molecule has 0 fully saturated rings. The first-order valence-corrected chi connectivity index (χ1v) is 22.1. The molecule has 0 unspecified atom stereocenters. The molecular weight excluding hydrogens is 807 g/mol. The Hall–Kier alpha value is -3.62. The molecule has 282 valence electrons. The first-order chi connectivity index (χ1) is 24.2. The SMILES string of the molecule is COc1cc(N=Nc2ccc3cccc(S(=O)(=O)O)c3c2)c(C)cc1Cc1nc(SCCCS(=O)(=O)O)nc(SCCCS(=O)(=O)O)n1.O=S(=O)=O. The number of aromatic nitrogens is 3. The summed E-state index contributed by atoms with van der Waals surface area (Å²) in [4.78, 5) is 13.2. The molecule has 3 N–H and O–H groups in total. The Bertz CT molecular complexity index is 2330. The third kappa shape index (κ3) is 14.8. The van der Waals surface area contributed by atoms with Crippen LogP contribution in [0.5, 0.6) is 5.75 Å². The molecule has 0 aliphatic carbocycles. The van der Waals surface area contributed by atoms with Gasteiger partial charge >= 0.3 is 10.6 Å². The standard InChI is InChI=1S/C28H31N5O10S5.O3S/c1-18-14-20(15-26-29-27(44-10-4-12-46(34,35)36)31-28(30-26)45-11-5-13-47(37,38)39)24(43-2)17-23(18)33-32-21-9-8-19-6-3-7-25(22(19)16-21)48(40,41)42;1-4(2)3/h3,6-9,14,16-17H,4-5,10-13,15H2,1-2H3,(H,34,35,36)(H,37,38,39)(H,40,41,42);. The first kappa shape index (κ1) is 42.8. The summed E-state index contributed by atoms with van der Waals surface area (Å²) in [5.41, 5.74) is 2.25. The van der Waals surface area contributed by atoms with Gasteiger partial charge in [-0.1, -0.05) is 41.7 Å². The fraction of sp³-hybridized carbons (Fsp3) is 0.321. The molecule has 1 aromatic heterocycles. The molecule has 4 rings (SSSR count). The zero-order valence-electron chi connectivity index (χ0n) is 27.2. The predicted molar refractivity (Wildman–Crippen MR) is 192 cm³/mol. The average Bonchev–Trinajstić information content (AvgIpc) is 3.03. The molecule has 0 amide bonds. The van der Waals surface area contributed by atoms with Crippen molar-refractivity contribution in [3.05, 3.63) is 65.5 Å². The number of benzene rings is 3. The number of thioether (sulfide) groups is 2. The van der Waals surface area contributed by atoms with E-state index in [1.165, 1.54) is 48.8 Å². The van der Waals surface area contributed by atoms with Crippen molar-refractivity contribution in [2.75, 3.05) is 30.1 Å². The summed E-state index contributed by atoms with van der Waals surface area (Å²) in [5.74, 6) is 0.576. The van der Waals surface area contributed by atoms with Crippen LogP contribution in [0.25, 0.3) is 10.8 Å². The van der Waals surface area contributed by atoms with Gasteiger partial charge in [-0.25, -0.2) is 9.97 Å². The van der Waals surface area contributed by atoms with Crippen molar-refractivity contribution in [3.63, 3.8) is 0 Å². The topological polar surface area (TPSA) is 287 Å². The van der Waals surface area contributed by atoms with E-state index >= 15 is 0 Å². The summed E-state index contributed by atoms with van der Waals surface area (Å²) in [6.07, 6.45) is 0.515. The number of ether oxygens (including phenoxy) is 1. The summed E-state index contributed by atoms with van der Waals surface area (Å²) >= 11 is 2.35. The molecule has 0 saturated heterocycles. The van der Waals surface area contributed by atoms with Gasteiger partial charge in [0.05, 0.1) is 30.0 Å². The quantitative estimate of drug-likeness (QED) is 0.0612. The van der Waals surface area contributed by atoms with E-state index in [0.29, 0.717) is 61.1 Å². The minimum atomic E-state index is -4.46. The highest BCUT2D eigenvalue weighted by atomic mass is 32.2. The second-order valence-corrected chi connectivity index (χ2v) is 17.5. The Morgan fingerprint density at radius 2 is 1.37 bits per heavy atom. The second-order valence-electron chi connectivity index (χ2n) is 10.5. The molecule has 18 nitrogen and oxygen atoms in total. The van der Waals surface area contributed by atoms with Crippen LogP contribution in [0.3, 0.4) is 0 Å². The lowest BCUT2D eigenvalue weighted by Gasteiger charge is -2.12. The van der Waals surface area contributed by atoms with Gasteiger partial charge < -0.3 is 4.74 Å². The zero-order valence-corrected chi connectivity index (χ0v) is 32.1. The molecule has 52 heavy (non-hydrogen) atoms. The summed E-state index contributed by atoms with van der Waals surface area (Å²) in [6, 6.07) is 12.9. The molecule has 0 aliphatic rings. The molecule has 0 aliphatic heterocycles. The van der Waals surface area contributed by atoms with Gasteiger partial charge in [0.2, 0.25) is 0 Å². The van der Waals surface area contributed by atoms with E-state index in [-0.39, 0.29) is 24.2 Å². The lowest BCUT2D eigenvalue weighted by molar-refractivity contribution is 0.410. The van der Waals surface area contributed by atoms with Crippen LogP contribution in [0, 0.1) is 6.92 Å². The molecule has 0 atom stereocenters. The van der Waals surface area contributed by atoms with Crippen molar-refractivity contribution >= 4 is 86.6 Å². The number of fused-ring (bicyclic) bond motifs is 1. The summed E-state index contributed by atoms with van der Waals surface area (Å²) in [6.45, 7) is 1.81. The first-order valence-electron chi connectivity index (χ1n) is 14.5. The third-order valence-corrected chi connectivity index (χ3v) is 10.9. The molecule has 0 bridgehead atoms. The van der Waals surface area contributed by atoms with Gasteiger partial charge in [-0.15, -0.1) is 12.6 Å². The lowest BCUT2D eigenvalue weighted by Crippen LogP contribution is -2.07. The highest BCUT2D eigenvalue weighted by Crippen LogP contribution is 2.33. The molecular formula is C28H31N5O13S6. The lowest BCUT2D eigenvalue weighted by atomic mass is 10.1. The van der Waals surface area contributed by atoms with Gasteiger partial charge in [-0.05, 0) is 55.0 Å². The fourth-order valence-electron chi connectivity index (χ4n) is 4.37. The molecule has 1 heterocycles. The number of rotatable bonds is 16. The largest absolute Gasteiger partial charge is 0.496 e. The van der Waals surface area contributed by atoms with E-state index in [4.69, 9.17) is 26.5 Å². The monoisotopic (exact) mass is 837 g/mol. The van der Waals surface area contributed by atoms with Gasteiger partial charge in [0.15, 0.2) is 10.3 Å². The minimum absolute atomic E-state index is 0.158. The fourth-order valence-corrected chi connectivity index (χ4v) is 8.10. The number of azo groups is 1. The normalized spacial score (nSPS) is 12.1. The smallest absolute Gasteiger partial charge is 0.425 e. The van der Waals surface area contributed by atoms with Crippen LogP contribution in [0.1, 0.15) is 29.8 Å². The van der Waals surface area contributed by atoms with Crippen molar-refractivity contribution < 1.29 is 56.3 Å². The second kappa shape index (κ2) is 18.9. The third-order valence-electron chi connectivity index (χ3n) is 6.52. The van der Waals surface area contributed by atoms with E-state index in [0.717, 1.165) is 5.56 Å². The van der Waals surface area contributed by atoms with E-state index in [1.54, 1.807) is 24.3 Å². The molecule has 0 radical (unpaired) electrons. The Balaban J connectivity index is 0.00000173. The Labute approximate surface area is 309 Å². The van der Waals surface area contributed by atoms with E-state index < -0.39 is 52.5 Å². The Morgan fingerprint density at radius 3 is 1.88 bits per heavy atom. The van der Waals surface area contributed by atoms with Gasteiger partial charge in [-0.3, -0.25) is 13.7 Å². The average molecular weight is 838 g/mol. The minimum Gasteiger partial charge on any atom is -0.496 e. The summed E-state index contributed by atoms with van der Waals surface area (Å²) in [5, 5.41) is 10.1. The number of hydrogen-bond donors (Lipinski definition) is 3. The summed E-state index contributed by atoms with van der Waals surface area (Å²) in [7, 11) is -14.3. The number of methoxy groups -OCH3 is 1. The Morgan fingerprint density at radius 1 is 0.788 bits per heavy atom. The molecule has 3 aromatic carbocycles. The van der Waals surface area contributed by atoms with Crippen molar-refractivity contribution in [1.29, 1.82) is 0 Å². The van der Waals surface area contributed by atoms with Gasteiger partial charge in [-0.2, -0.15) is 40.5 Å². The van der Waals surface area contributed by atoms with Gasteiger partial charge in [0.25, 0.3) is 30.4 Å². The van der Waals surface area contributed by atoms with Crippen LogP contribution < -0.4 is 4.74 Å². The number of nitrogens with zero attached hydrogens (tertiary/aromatic N) is 5. The zero-order chi connectivity index (χ0) is 38.7. The summed E-state index contributed by atoms with van der Waals surface area (Å²) < 4.78 is 127. The molecule has 0 saturated carbocycles. The maximum absolute atomic E-state index is 11.9. The van der Waals surface area contributed by atoms with Crippen LogP contribution >= 0.6 is 23.5 Å². The van der Waals surface area contributed by atoms with Crippen molar-refractivity contribution in [1.82, 2.24) is 15.0 Å². The van der Waals surface area contributed by atoms with Crippen molar-refractivity contribution in [3.8, 4) is 5.75 Å². The van der Waals surface area contributed by atoms with E-state index in [9.17, 15) is 29.8 Å². The van der Waals surface area contributed by atoms with Crippen molar-refractivity contribution in [2.45, 2.75) is 41.4 Å². The highest BCUT2D eigenvalue weighted by molar-refractivity contribution is 7.99. The van der Waals surface area contributed by atoms with Gasteiger partial charge in [0, 0.05) is 34.9 Å². The maximum Gasteiger partial charge on any atom is 0.425 e. The van der Waals surface area contributed by atoms with Crippen LogP contribution in [0.4, 0.5) is 11.4 Å². The van der Waals surface area contributed by atoms with Crippen LogP contribution in [0.15, 0.2) is 74.0 Å². The van der Waals surface area contributed by atoms with Crippen LogP contribution in [-0.4, -0.2) is 96.6 Å². The number of hydrogen-bond acceptors (Lipinski definition) is 17. The van der Waals surface area contributed by atoms with E-state index in [1.807, 2.05) is 13.0 Å². The predicted octanol–water partition coefficient (Wildman–Crippen LogP) is 4.33. The van der Waals surface area contributed by atoms with E-state index in [2.05, 4.69) is 25.2 Å². The maximum atomic E-state index is 11.9. The Kier molecular flexibility index (Phi) is 15.6. The molecule has 4 aromatic rings. The van der Waals surface area contributed by atoms with Crippen LogP contribution in [-0.2, 0) is 47.4 Å². The molecule has 24 heteroatoms. The van der Waals surface area contributed by atoms with Crippen LogP contribution in [0.2, 0.25) is 0 Å². The van der Waals surface area contributed by atoms with Gasteiger partial charge in [0.1, 0.15) is 16.5 Å². The number of aryl methyl sites for hydroxylation is 1. The highest BCUT2D eigenvalue weighted by Gasteiger charge is 2.16. The van der Waals surface area contributed by atoms with Crippen molar-refractivity contribution in [2.24, 2.45) is 10.2 Å².